The highest BCUT2D eigenvalue weighted by molar-refractivity contribution is 6.08. The van der Waals surface area contributed by atoms with E-state index >= 15 is 0 Å². The Morgan fingerprint density at radius 1 is 1.16 bits per heavy atom. The van der Waals surface area contributed by atoms with Gasteiger partial charge in [-0.15, -0.1) is 0 Å². The number of hydrogen-bond acceptors (Lipinski definition) is 6. The van der Waals surface area contributed by atoms with E-state index in [1.54, 1.807) is 0 Å². The molecule has 3 heterocycles. The SMILES string of the molecule is C=CC(=O)Nc1cncc(C#CCN(C(=O)[C@@H]2CN(C3CC3)C(=O)N2c2cc(C(F)(F)F)cc(C)n2)c2ccc(F)cc2)n1. The van der Waals surface area contributed by atoms with Gasteiger partial charge in [-0.3, -0.25) is 24.4 Å². The number of alkyl halides is 3. The predicted molar refractivity (Wildman–Crippen MR) is 152 cm³/mol. The van der Waals surface area contributed by atoms with Crippen molar-refractivity contribution in [2.24, 2.45) is 0 Å². The molecule has 2 aliphatic rings. The van der Waals surface area contributed by atoms with Crippen LogP contribution in [0.15, 0.2) is 61.4 Å². The summed E-state index contributed by atoms with van der Waals surface area (Å²) in [5.74, 6) is 3.67. The molecule has 1 saturated carbocycles. The maximum absolute atomic E-state index is 14.2. The average Bonchev–Trinajstić information content (AvgIpc) is 3.76. The van der Waals surface area contributed by atoms with Crippen LogP contribution in [0.25, 0.3) is 0 Å². The number of carbonyl (C=O) groups excluding carboxylic acids is 3. The van der Waals surface area contributed by atoms with E-state index in [0.29, 0.717) is 12.8 Å². The summed E-state index contributed by atoms with van der Waals surface area (Å²) in [7, 11) is 0. The highest BCUT2D eigenvalue weighted by Crippen LogP contribution is 2.37. The van der Waals surface area contributed by atoms with Gasteiger partial charge in [-0.05, 0) is 68.2 Å². The Morgan fingerprint density at radius 3 is 2.55 bits per heavy atom. The molecule has 1 aromatic carbocycles. The molecule has 5 rings (SSSR count). The van der Waals surface area contributed by atoms with Crippen molar-refractivity contribution in [3.63, 3.8) is 0 Å². The fourth-order valence-corrected chi connectivity index (χ4v) is 4.66. The van der Waals surface area contributed by atoms with Crippen LogP contribution in [0, 0.1) is 24.6 Å². The summed E-state index contributed by atoms with van der Waals surface area (Å²) in [6.07, 6.45) is 0.413. The number of aryl methyl sites for hydroxylation is 1. The zero-order valence-corrected chi connectivity index (χ0v) is 23.3. The number of amides is 4. The topological polar surface area (TPSA) is 112 Å². The van der Waals surface area contributed by atoms with E-state index in [1.807, 2.05) is 0 Å². The van der Waals surface area contributed by atoms with E-state index in [1.165, 1.54) is 41.2 Å². The van der Waals surface area contributed by atoms with Gasteiger partial charge in [-0.25, -0.2) is 19.2 Å². The van der Waals surface area contributed by atoms with E-state index < -0.39 is 41.4 Å². The van der Waals surface area contributed by atoms with Crippen LogP contribution in [0.4, 0.5) is 39.7 Å². The second-order valence-corrected chi connectivity index (χ2v) is 10.1. The van der Waals surface area contributed by atoms with Gasteiger partial charge in [0.15, 0.2) is 5.82 Å². The van der Waals surface area contributed by atoms with Crippen LogP contribution in [0.2, 0.25) is 0 Å². The zero-order valence-electron chi connectivity index (χ0n) is 23.3. The summed E-state index contributed by atoms with van der Waals surface area (Å²) < 4.78 is 54.8. The minimum absolute atomic E-state index is 0.0209. The molecular weight excluding hydrogens is 582 g/mol. The Kier molecular flexibility index (Phi) is 8.30. The van der Waals surface area contributed by atoms with Crippen LogP contribution in [0.5, 0.6) is 0 Å². The lowest BCUT2D eigenvalue weighted by molar-refractivity contribution is -0.137. The van der Waals surface area contributed by atoms with Gasteiger partial charge in [0.05, 0.1) is 31.0 Å². The standard InChI is InChI=1S/C30H25F4N7O3/c1-3-27(42)38-25-16-35-15-21(37-25)5-4-12-39(22-8-6-20(31)7-9-22)28(43)24-17-40(23-10-11-23)29(44)41(24)26-14-19(30(32,33)34)13-18(2)36-26/h3,6-9,13-16,23-24H,1,10-12,17H2,2H3,(H,37,38,42)/t24-/m0/s1. The minimum atomic E-state index is -4.70. The number of nitrogens with one attached hydrogen (secondary N) is 1. The van der Waals surface area contributed by atoms with E-state index in [9.17, 15) is 31.9 Å². The van der Waals surface area contributed by atoms with E-state index in [4.69, 9.17) is 0 Å². The summed E-state index contributed by atoms with van der Waals surface area (Å²) in [6, 6.07) is 4.60. The number of anilines is 3. The molecule has 226 valence electrons. The van der Waals surface area contributed by atoms with E-state index in [0.717, 1.165) is 35.2 Å². The summed E-state index contributed by atoms with van der Waals surface area (Å²) in [6.45, 7) is 4.40. The van der Waals surface area contributed by atoms with Gasteiger partial charge >= 0.3 is 12.2 Å². The van der Waals surface area contributed by atoms with Crippen molar-refractivity contribution in [2.45, 2.75) is 38.0 Å². The van der Waals surface area contributed by atoms with Gasteiger partial charge in [-0.2, -0.15) is 13.2 Å². The maximum atomic E-state index is 14.2. The third-order valence-electron chi connectivity index (χ3n) is 6.85. The number of nitrogens with zero attached hydrogens (tertiary/aromatic N) is 6. The van der Waals surface area contributed by atoms with Crippen LogP contribution in [-0.2, 0) is 15.8 Å². The molecule has 14 heteroatoms. The van der Waals surface area contributed by atoms with E-state index in [-0.39, 0.29) is 47.8 Å². The van der Waals surface area contributed by atoms with Crippen molar-refractivity contribution in [1.29, 1.82) is 0 Å². The van der Waals surface area contributed by atoms with Crippen LogP contribution < -0.4 is 15.1 Å². The van der Waals surface area contributed by atoms with Crippen molar-refractivity contribution in [2.75, 3.05) is 28.2 Å². The summed E-state index contributed by atoms with van der Waals surface area (Å²) in [5.41, 5.74) is -0.570. The lowest BCUT2D eigenvalue weighted by atomic mass is 10.1. The second-order valence-electron chi connectivity index (χ2n) is 10.1. The first kappa shape index (κ1) is 30.1. The molecule has 0 spiro atoms. The average molecular weight is 608 g/mol. The molecule has 10 nitrogen and oxygen atoms in total. The first-order valence-electron chi connectivity index (χ1n) is 13.4. The van der Waals surface area contributed by atoms with Crippen LogP contribution in [-0.4, -0.2) is 62.9 Å². The number of benzene rings is 1. The second kappa shape index (κ2) is 12.1. The van der Waals surface area contributed by atoms with Gasteiger partial charge in [0.2, 0.25) is 5.91 Å². The van der Waals surface area contributed by atoms with Crippen LogP contribution in [0.1, 0.15) is 29.8 Å². The fraction of sp³-hybridized carbons (Fsp3) is 0.267. The fourth-order valence-electron chi connectivity index (χ4n) is 4.66. The number of carbonyl (C=O) groups is 3. The number of aromatic nitrogens is 3. The zero-order chi connectivity index (χ0) is 31.6. The molecule has 0 unspecified atom stereocenters. The smallest absolute Gasteiger partial charge is 0.319 e. The quantitative estimate of drug-likeness (QED) is 0.243. The van der Waals surface area contributed by atoms with Gasteiger partial charge in [0.1, 0.15) is 23.4 Å². The number of rotatable bonds is 7. The lowest BCUT2D eigenvalue weighted by Gasteiger charge is -2.28. The first-order valence-corrected chi connectivity index (χ1v) is 13.4. The van der Waals surface area contributed by atoms with Crippen LogP contribution in [0.3, 0.4) is 0 Å². The van der Waals surface area contributed by atoms with Crippen molar-refractivity contribution < 1.29 is 31.9 Å². The summed E-state index contributed by atoms with van der Waals surface area (Å²) in [5, 5.41) is 2.46. The highest BCUT2D eigenvalue weighted by Gasteiger charge is 2.49. The van der Waals surface area contributed by atoms with Crippen molar-refractivity contribution >= 4 is 35.2 Å². The van der Waals surface area contributed by atoms with Gasteiger partial charge < -0.3 is 10.2 Å². The molecule has 1 N–H and O–H groups in total. The van der Waals surface area contributed by atoms with Crippen LogP contribution >= 0.6 is 0 Å². The molecule has 3 aromatic rings. The number of hydrogen-bond donors (Lipinski definition) is 1. The Labute approximate surface area is 249 Å². The third kappa shape index (κ3) is 6.67. The predicted octanol–water partition coefficient (Wildman–Crippen LogP) is 4.32. The molecule has 1 atom stereocenters. The third-order valence-corrected chi connectivity index (χ3v) is 6.85. The summed E-state index contributed by atoms with van der Waals surface area (Å²) >= 11 is 0. The molecule has 1 saturated heterocycles. The molecule has 1 aliphatic heterocycles. The first-order chi connectivity index (χ1) is 20.9. The number of urea groups is 1. The molecular formula is C30H25F4N7O3. The normalized spacial score (nSPS) is 16.3. The molecule has 0 bridgehead atoms. The van der Waals surface area contributed by atoms with Crippen molar-refractivity contribution in [3.05, 3.63) is 84.2 Å². The minimum Gasteiger partial charge on any atom is -0.319 e. The lowest BCUT2D eigenvalue weighted by Crippen LogP contribution is -2.48. The largest absolute Gasteiger partial charge is 0.416 e. The molecule has 4 amide bonds. The molecule has 44 heavy (non-hydrogen) atoms. The van der Waals surface area contributed by atoms with Gasteiger partial charge in [0.25, 0.3) is 5.91 Å². The Bertz CT molecular complexity index is 1680. The van der Waals surface area contributed by atoms with Gasteiger partial charge in [0, 0.05) is 17.4 Å². The highest BCUT2D eigenvalue weighted by atomic mass is 19.4. The van der Waals surface area contributed by atoms with Crippen molar-refractivity contribution in [1.82, 2.24) is 19.9 Å². The van der Waals surface area contributed by atoms with E-state index in [2.05, 4.69) is 38.7 Å². The molecule has 0 radical (unpaired) electrons. The molecule has 2 aromatic heterocycles. The van der Waals surface area contributed by atoms with Crippen molar-refractivity contribution in [3.8, 4) is 11.8 Å². The molecule has 2 fully saturated rings. The number of pyridine rings is 1. The monoisotopic (exact) mass is 607 g/mol. The Morgan fingerprint density at radius 2 is 1.89 bits per heavy atom. The molecule has 1 aliphatic carbocycles. The number of halogens is 4. The Hall–Kier alpha value is -5.32. The summed E-state index contributed by atoms with van der Waals surface area (Å²) in [4.78, 5) is 55.3. The maximum Gasteiger partial charge on any atom is 0.416 e. The van der Waals surface area contributed by atoms with Gasteiger partial charge in [-0.1, -0.05) is 12.5 Å². The Balaban J connectivity index is 1.49.